The van der Waals surface area contributed by atoms with Crippen LogP contribution in [0.4, 0.5) is 0 Å². The largest absolute Gasteiger partial charge is 0.486 e. The monoisotopic (exact) mass is 378 g/mol. The van der Waals surface area contributed by atoms with E-state index in [2.05, 4.69) is 15.9 Å². The van der Waals surface area contributed by atoms with Crippen LogP contribution in [0.25, 0.3) is 0 Å². The zero-order valence-corrected chi connectivity index (χ0v) is 13.6. The second kappa shape index (κ2) is 5.52. The molecule has 100 valence electrons. The second-order valence-corrected chi connectivity index (χ2v) is 6.69. The molecule has 1 aliphatic rings. The average Bonchev–Trinajstić information content (AvgIpc) is 2.83. The molecule has 0 saturated carbocycles. The minimum atomic E-state index is -0.0525. The van der Waals surface area contributed by atoms with Gasteiger partial charge in [0.15, 0.2) is 11.5 Å². The van der Waals surface area contributed by atoms with Crippen molar-refractivity contribution in [1.82, 2.24) is 0 Å². The lowest BCUT2D eigenvalue weighted by Gasteiger charge is -2.21. The maximum atomic E-state index is 6.32. The van der Waals surface area contributed by atoms with Gasteiger partial charge in [0.2, 0.25) is 0 Å². The number of halogens is 3. The Morgan fingerprint density at radius 3 is 2.42 bits per heavy atom. The van der Waals surface area contributed by atoms with Crippen LogP contribution in [0.5, 0.6) is 11.5 Å². The molecule has 2 nitrogen and oxygen atoms in total. The Kier molecular flexibility index (Phi) is 3.94. The zero-order valence-electron chi connectivity index (χ0n) is 9.66. The molecule has 2 aromatic rings. The standard InChI is InChI=1S/C13H9BrCl2O2S/c14-12(13-8(15)1-4-19-13)7-5-10-11(6-9(7)16)18-3-2-17-10/h1,4-6,12H,2-3H2. The maximum absolute atomic E-state index is 6.32. The molecule has 1 aliphatic heterocycles. The van der Waals surface area contributed by atoms with E-state index in [-0.39, 0.29) is 4.83 Å². The van der Waals surface area contributed by atoms with E-state index in [1.54, 1.807) is 17.4 Å². The van der Waals surface area contributed by atoms with Crippen LogP contribution < -0.4 is 9.47 Å². The van der Waals surface area contributed by atoms with Gasteiger partial charge in [-0.2, -0.15) is 0 Å². The van der Waals surface area contributed by atoms with E-state index in [1.165, 1.54) is 0 Å². The molecule has 3 rings (SSSR count). The molecule has 0 spiro atoms. The van der Waals surface area contributed by atoms with Crippen molar-refractivity contribution in [3.8, 4) is 11.5 Å². The van der Waals surface area contributed by atoms with Gasteiger partial charge in [-0.05, 0) is 23.1 Å². The maximum Gasteiger partial charge on any atom is 0.162 e. The number of benzene rings is 1. The lowest BCUT2D eigenvalue weighted by atomic mass is 10.1. The minimum Gasteiger partial charge on any atom is -0.486 e. The molecule has 0 radical (unpaired) electrons. The Morgan fingerprint density at radius 1 is 1.11 bits per heavy atom. The van der Waals surface area contributed by atoms with Gasteiger partial charge in [-0.15, -0.1) is 11.3 Å². The van der Waals surface area contributed by atoms with E-state index in [0.29, 0.717) is 24.0 Å². The number of ether oxygens (including phenoxy) is 2. The first-order chi connectivity index (χ1) is 9.16. The van der Waals surface area contributed by atoms with Crippen molar-refractivity contribution in [2.75, 3.05) is 13.2 Å². The number of hydrogen-bond donors (Lipinski definition) is 0. The summed E-state index contributed by atoms with van der Waals surface area (Å²) in [5.74, 6) is 1.42. The predicted molar refractivity (Wildman–Crippen MR) is 82.5 cm³/mol. The molecular weight excluding hydrogens is 371 g/mol. The Labute approximate surface area is 133 Å². The molecule has 0 amide bonds. The minimum absolute atomic E-state index is 0.0525. The Balaban J connectivity index is 2.03. The molecule has 6 heteroatoms. The van der Waals surface area contributed by atoms with Gasteiger partial charge in [-0.3, -0.25) is 0 Å². The van der Waals surface area contributed by atoms with Crippen molar-refractivity contribution < 1.29 is 9.47 Å². The highest BCUT2D eigenvalue weighted by atomic mass is 79.9. The summed E-state index contributed by atoms with van der Waals surface area (Å²) in [6.45, 7) is 1.11. The first-order valence-electron chi connectivity index (χ1n) is 5.63. The first-order valence-corrected chi connectivity index (χ1v) is 8.18. The highest BCUT2D eigenvalue weighted by Crippen LogP contribution is 2.45. The number of rotatable bonds is 2. The van der Waals surface area contributed by atoms with Crippen molar-refractivity contribution in [2.24, 2.45) is 0 Å². The van der Waals surface area contributed by atoms with Gasteiger partial charge >= 0.3 is 0 Å². The van der Waals surface area contributed by atoms with Gasteiger partial charge < -0.3 is 9.47 Å². The smallest absolute Gasteiger partial charge is 0.162 e. The van der Waals surface area contributed by atoms with E-state index in [4.69, 9.17) is 32.7 Å². The molecule has 0 saturated heterocycles. The predicted octanol–water partition coefficient (Wildman–Crippen LogP) is 5.31. The highest BCUT2D eigenvalue weighted by molar-refractivity contribution is 9.09. The molecule has 0 bridgehead atoms. The fourth-order valence-corrected chi connectivity index (χ4v) is 4.54. The number of thiophene rings is 1. The Bertz CT molecular complexity index is 615. The van der Waals surface area contributed by atoms with E-state index in [1.807, 2.05) is 17.5 Å². The van der Waals surface area contributed by atoms with Crippen molar-refractivity contribution in [3.63, 3.8) is 0 Å². The van der Waals surface area contributed by atoms with Crippen LogP contribution in [-0.4, -0.2) is 13.2 Å². The summed E-state index contributed by atoms with van der Waals surface area (Å²) in [5, 5.41) is 3.33. The molecule has 1 unspecified atom stereocenters. The fourth-order valence-electron chi connectivity index (χ4n) is 1.90. The molecule has 0 N–H and O–H groups in total. The van der Waals surface area contributed by atoms with Gasteiger partial charge in [-0.25, -0.2) is 0 Å². The summed E-state index contributed by atoms with van der Waals surface area (Å²) >= 11 is 17.7. The summed E-state index contributed by atoms with van der Waals surface area (Å²) in [6.07, 6.45) is 0. The third kappa shape index (κ3) is 2.59. The van der Waals surface area contributed by atoms with E-state index in [0.717, 1.165) is 21.2 Å². The lowest BCUT2D eigenvalue weighted by Crippen LogP contribution is -2.15. The van der Waals surface area contributed by atoms with E-state index in [9.17, 15) is 0 Å². The van der Waals surface area contributed by atoms with Gasteiger partial charge in [0.05, 0.1) is 9.85 Å². The summed E-state index contributed by atoms with van der Waals surface area (Å²) in [7, 11) is 0. The van der Waals surface area contributed by atoms with Crippen molar-refractivity contribution in [3.05, 3.63) is 44.1 Å². The SMILES string of the molecule is Clc1cc2c(cc1C(Br)c1sccc1Cl)OCCO2. The van der Waals surface area contributed by atoms with Gasteiger partial charge in [0.25, 0.3) is 0 Å². The van der Waals surface area contributed by atoms with Gasteiger partial charge in [0, 0.05) is 16.0 Å². The van der Waals surface area contributed by atoms with Crippen molar-refractivity contribution >= 4 is 50.5 Å². The third-order valence-corrected chi connectivity index (χ3v) is 5.81. The van der Waals surface area contributed by atoms with Crippen LogP contribution in [0.3, 0.4) is 0 Å². The molecular formula is C13H9BrCl2O2S. The topological polar surface area (TPSA) is 18.5 Å². The molecule has 1 aromatic heterocycles. The van der Waals surface area contributed by atoms with Crippen LogP contribution in [0.2, 0.25) is 10.0 Å². The first kappa shape index (κ1) is 13.6. The molecule has 0 fully saturated rings. The summed E-state index contributed by atoms with van der Waals surface area (Å²) in [4.78, 5) is 0.976. The van der Waals surface area contributed by atoms with Crippen molar-refractivity contribution in [2.45, 2.75) is 4.83 Å². The molecule has 19 heavy (non-hydrogen) atoms. The van der Waals surface area contributed by atoms with Crippen molar-refractivity contribution in [1.29, 1.82) is 0 Å². The molecule has 2 heterocycles. The molecule has 0 aliphatic carbocycles. The van der Waals surface area contributed by atoms with Crippen LogP contribution in [0.1, 0.15) is 15.3 Å². The number of fused-ring (bicyclic) bond motifs is 1. The highest BCUT2D eigenvalue weighted by Gasteiger charge is 2.22. The molecule has 1 atom stereocenters. The molecule has 1 aromatic carbocycles. The van der Waals surface area contributed by atoms with Crippen LogP contribution >= 0.6 is 50.5 Å². The summed E-state index contributed by atoms with van der Waals surface area (Å²) in [5.41, 5.74) is 0.926. The van der Waals surface area contributed by atoms with E-state index >= 15 is 0 Å². The summed E-state index contributed by atoms with van der Waals surface area (Å²) < 4.78 is 11.1. The number of hydrogen-bond acceptors (Lipinski definition) is 3. The Hall–Kier alpha value is -0.420. The summed E-state index contributed by atoms with van der Waals surface area (Å²) in [6, 6.07) is 5.58. The quantitative estimate of drug-likeness (QED) is 0.658. The van der Waals surface area contributed by atoms with Gasteiger partial charge in [0.1, 0.15) is 13.2 Å². The Morgan fingerprint density at radius 2 is 1.79 bits per heavy atom. The number of alkyl halides is 1. The lowest BCUT2D eigenvalue weighted by molar-refractivity contribution is 0.171. The zero-order chi connectivity index (χ0) is 13.4. The van der Waals surface area contributed by atoms with Crippen LogP contribution in [0, 0.1) is 0 Å². The average molecular weight is 380 g/mol. The van der Waals surface area contributed by atoms with Crippen LogP contribution in [-0.2, 0) is 0 Å². The van der Waals surface area contributed by atoms with Crippen LogP contribution in [0.15, 0.2) is 23.6 Å². The third-order valence-electron chi connectivity index (χ3n) is 2.81. The van der Waals surface area contributed by atoms with Gasteiger partial charge in [-0.1, -0.05) is 39.1 Å². The normalized spacial score (nSPS) is 15.3. The van der Waals surface area contributed by atoms with E-state index < -0.39 is 0 Å². The fraction of sp³-hybridized carbons (Fsp3) is 0.231. The second-order valence-electron chi connectivity index (χ2n) is 4.01.